The van der Waals surface area contributed by atoms with E-state index in [2.05, 4.69) is 15.2 Å². The Morgan fingerprint density at radius 2 is 2.00 bits per heavy atom. The van der Waals surface area contributed by atoms with Crippen LogP contribution in [-0.4, -0.2) is 27.0 Å². The van der Waals surface area contributed by atoms with Crippen molar-refractivity contribution in [1.29, 1.82) is 5.26 Å². The maximum Gasteiger partial charge on any atom is 0.285 e. The number of benzene rings is 1. The molecule has 25 heavy (non-hydrogen) atoms. The topological polar surface area (TPSA) is 107 Å². The van der Waals surface area contributed by atoms with Gasteiger partial charge in [0, 0.05) is 5.56 Å². The van der Waals surface area contributed by atoms with Crippen LogP contribution in [-0.2, 0) is 6.54 Å². The molecule has 8 heteroatoms. The van der Waals surface area contributed by atoms with Crippen LogP contribution in [0.4, 0.5) is 0 Å². The van der Waals surface area contributed by atoms with Crippen molar-refractivity contribution in [2.75, 3.05) is 7.11 Å². The van der Waals surface area contributed by atoms with Gasteiger partial charge in [0.25, 0.3) is 5.56 Å². The summed E-state index contributed by atoms with van der Waals surface area (Å²) in [4.78, 5) is 16.6. The summed E-state index contributed by atoms with van der Waals surface area (Å²) in [6, 6.07) is 9.12. The second-order valence-electron chi connectivity index (χ2n) is 5.40. The largest absolute Gasteiger partial charge is 0.497 e. The number of nitriles is 1. The molecular formula is C17H15N5O3. The van der Waals surface area contributed by atoms with Gasteiger partial charge in [-0.15, -0.1) is 0 Å². The fourth-order valence-corrected chi connectivity index (χ4v) is 2.32. The Bertz CT molecular complexity index is 1010. The first-order valence-electron chi connectivity index (χ1n) is 7.49. The predicted octanol–water partition coefficient (Wildman–Crippen LogP) is 1.84. The molecule has 0 saturated carbocycles. The highest BCUT2D eigenvalue weighted by atomic mass is 16.5. The molecule has 0 radical (unpaired) electrons. The van der Waals surface area contributed by atoms with Crippen molar-refractivity contribution in [3.63, 3.8) is 0 Å². The van der Waals surface area contributed by atoms with Crippen molar-refractivity contribution in [2.24, 2.45) is 0 Å². The summed E-state index contributed by atoms with van der Waals surface area (Å²) >= 11 is 0. The number of hydrogen-bond acceptors (Lipinski definition) is 7. The van der Waals surface area contributed by atoms with E-state index < -0.39 is 5.56 Å². The molecule has 0 saturated heterocycles. The Hall–Kier alpha value is -3.47. The number of nitrogens with zero attached hydrogens (tertiary/aromatic N) is 5. The van der Waals surface area contributed by atoms with Gasteiger partial charge in [0.15, 0.2) is 0 Å². The van der Waals surface area contributed by atoms with E-state index in [0.717, 1.165) is 16.0 Å². The van der Waals surface area contributed by atoms with Gasteiger partial charge in [-0.1, -0.05) is 5.16 Å². The molecule has 0 fully saturated rings. The molecule has 3 rings (SSSR count). The minimum Gasteiger partial charge on any atom is -0.497 e. The maximum atomic E-state index is 12.3. The zero-order valence-corrected chi connectivity index (χ0v) is 14.0. The number of aromatic nitrogens is 4. The van der Waals surface area contributed by atoms with Crippen LogP contribution in [0.3, 0.4) is 0 Å². The molecule has 0 amide bonds. The van der Waals surface area contributed by atoms with Gasteiger partial charge in [-0.3, -0.25) is 4.79 Å². The summed E-state index contributed by atoms with van der Waals surface area (Å²) in [5.41, 5.74) is 1.53. The fraction of sp³-hybridized carbons (Fsp3) is 0.235. The zero-order chi connectivity index (χ0) is 18.0. The molecule has 0 aliphatic heterocycles. The molecule has 3 aromatic rings. The quantitative estimate of drug-likeness (QED) is 0.715. The first-order chi connectivity index (χ1) is 12.0. The van der Waals surface area contributed by atoms with Gasteiger partial charge in [-0.25, -0.2) is 4.68 Å². The standard InChI is InChI=1S/C17H15N5O3/c1-10-11(2)20-22(17(23)14(10)8-18)9-15-19-16(21-25-15)12-4-6-13(24-3)7-5-12/h4-7H,9H2,1-3H3. The van der Waals surface area contributed by atoms with Gasteiger partial charge in [0.05, 0.1) is 12.8 Å². The van der Waals surface area contributed by atoms with Gasteiger partial charge in [0.1, 0.15) is 23.9 Å². The minimum atomic E-state index is -0.477. The first-order valence-corrected chi connectivity index (χ1v) is 7.49. The third-order valence-electron chi connectivity index (χ3n) is 3.85. The summed E-state index contributed by atoms with van der Waals surface area (Å²) in [5, 5.41) is 17.3. The smallest absolute Gasteiger partial charge is 0.285 e. The van der Waals surface area contributed by atoms with E-state index in [1.54, 1.807) is 33.1 Å². The lowest BCUT2D eigenvalue weighted by Gasteiger charge is -2.06. The Labute approximate surface area is 143 Å². The van der Waals surface area contributed by atoms with E-state index in [1.807, 2.05) is 18.2 Å². The van der Waals surface area contributed by atoms with Crippen LogP contribution in [0.2, 0.25) is 0 Å². The molecular weight excluding hydrogens is 322 g/mol. The normalized spacial score (nSPS) is 10.5. The number of ether oxygens (including phenoxy) is 1. The van der Waals surface area contributed by atoms with Gasteiger partial charge in [-0.2, -0.15) is 15.3 Å². The Balaban J connectivity index is 1.90. The second-order valence-corrected chi connectivity index (χ2v) is 5.40. The van der Waals surface area contributed by atoms with Crippen LogP contribution < -0.4 is 10.3 Å². The van der Waals surface area contributed by atoms with Crippen molar-refractivity contribution in [1.82, 2.24) is 19.9 Å². The summed E-state index contributed by atoms with van der Waals surface area (Å²) in [6.45, 7) is 3.43. The summed E-state index contributed by atoms with van der Waals surface area (Å²) < 4.78 is 11.5. The molecule has 2 aromatic heterocycles. The number of hydrogen-bond donors (Lipinski definition) is 0. The molecule has 0 N–H and O–H groups in total. The Kier molecular flexibility index (Phi) is 4.31. The molecule has 0 aliphatic carbocycles. The Morgan fingerprint density at radius 3 is 2.64 bits per heavy atom. The van der Waals surface area contributed by atoms with Crippen molar-refractivity contribution in [3.8, 4) is 23.2 Å². The van der Waals surface area contributed by atoms with E-state index in [4.69, 9.17) is 14.5 Å². The lowest BCUT2D eigenvalue weighted by Crippen LogP contribution is -2.28. The summed E-state index contributed by atoms with van der Waals surface area (Å²) in [5.74, 6) is 1.35. The summed E-state index contributed by atoms with van der Waals surface area (Å²) in [6.07, 6.45) is 0. The monoisotopic (exact) mass is 337 g/mol. The maximum absolute atomic E-state index is 12.3. The van der Waals surface area contributed by atoms with Crippen molar-refractivity contribution in [2.45, 2.75) is 20.4 Å². The van der Waals surface area contributed by atoms with Gasteiger partial charge < -0.3 is 9.26 Å². The van der Waals surface area contributed by atoms with Crippen molar-refractivity contribution < 1.29 is 9.26 Å². The Morgan fingerprint density at radius 1 is 1.28 bits per heavy atom. The van der Waals surface area contributed by atoms with Gasteiger partial charge >= 0.3 is 0 Å². The highest BCUT2D eigenvalue weighted by molar-refractivity contribution is 5.55. The molecule has 0 unspecified atom stereocenters. The zero-order valence-electron chi connectivity index (χ0n) is 14.0. The molecule has 126 valence electrons. The lowest BCUT2D eigenvalue weighted by molar-refractivity contribution is 0.362. The van der Waals surface area contributed by atoms with E-state index in [0.29, 0.717) is 17.1 Å². The van der Waals surface area contributed by atoms with E-state index in [9.17, 15) is 4.79 Å². The highest BCUT2D eigenvalue weighted by Crippen LogP contribution is 2.19. The van der Waals surface area contributed by atoms with Gasteiger partial charge in [-0.05, 0) is 43.7 Å². The van der Waals surface area contributed by atoms with Crippen LogP contribution in [0.5, 0.6) is 5.75 Å². The molecule has 0 atom stereocenters. The molecule has 2 heterocycles. The van der Waals surface area contributed by atoms with Crippen molar-refractivity contribution >= 4 is 0 Å². The number of aryl methyl sites for hydroxylation is 1. The molecule has 0 aliphatic rings. The molecule has 0 bridgehead atoms. The third-order valence-corrected chi connectivity index (χ3v) is 3.85. The van der Waals surface area contributed by atoms with Crippen molar-refractivity contribution in [3.05, 3.63) is 57.3 Å². The van der Waals surface area contributed by atoms with Crippen LogP contribution in [0.1, 0.15) is 22.7 Å². The molecule has 0 spiro atoms. The second kappa shape index (κ2) is 6.57. The average Bonchev–Trinajstić information content (AvgIpc) is 3.09. The van der Waals surface area contributed by atoms with E-state index in [-0.39, 0.29) is 18.0 Å². The molecule has 8 nitrogen and oxygen atoms in total. The van der Waals surface area contributed by atoms with Crippen LogP contribution in [0, 0.1) is 25.2 Å². The van der Waals surface area contributed by atoms with E-state index >= 15 is 0 Å². The van der Waals surface area contributed by atoms with E-state index in [1.165, 1.54) is 0 Å². The third kappa shape index (κ3) is 3.12. The molecule has 1 aromatic carbocycles. The van der Waals surface area contributed by atoms with Crippen LogP contribution in [0.15, 0.2) is 33.6 Å². The van der Waals surface area contributed by atoms with Crippen LogP contribution in [0.25, 0.3) is 11.4 Å². The lowest BCUT2D eigenvalue weighted by atomic mass is 10.1. The minimum absolute atomic E-state index is 0.00219. The number of rotatable bonds is 4. The predicted molar refractivity (Wildman–Crippen MR) is 88.1 cm³/mol. The first kappa shape index (κ1) is 16.4. The SMILES string of the molecule is COc1ccc(-c2noc(Cn3nc(C)c(C)c(C#N)c3=O)n2)cc1. The highest BCUT2D eigenvalue weighted by Gasteiger charge is 2.15. The fourth-order valence-electron chi connectivity index (χ4n) is 2.32. The summed E-state index contributed by atoms with van der Waals surface area (Å²) in [7, 11) is 1.59. The average molecular weight is 337 g/mol. The van der Waals surface area contributed by atoms with Gasteiger partial charge in [0.2, 0.25) is 11.7 Å². The number of methoxy groups -OCH3 is 1. The van der Waals surface area contributed by atoms with Crippen LogP contribution >= 0.6 is 0 Å².